The minimum atomic E-state index is 0.789. The molecular formula is C6H9N3S. The number of nitrogens with two attached hydrogens (primary N) is 1. The van der Waals surface area contributed by atoms with Crippen LogP contribution in [0.1, 0.15) is 12.6 Å². The fourth-order valence-corrected chi connectivity index (χ4v) is 0.909. The molecular weight excluding hydrogens is 146 g/mol. The van der Waals surface area contributed by atoms with Gasteiger partial charge >= 0.3 is 0 Å². The maximum atomic E-state index is 7.32. The topological polar surface area (TPSA) is 62.7 Å². The first-order valence-electron chi connectivity index (χ1n) is 2.70. The Bertz CT molecular complexity index is 207. The van der Waals surface area contributed by atoms with Crippen molar-refractivity contribution in [2.75, 3.05) is 5.73 Å². The number of nitrogen functional groups attached to an aromatic ring is 1. The van der Waals surface area contributed by atoms with Crippen LogP contribution in [0.15, 0.2) is 6.07 Å². The summed E-state index contributed by atoms with van der Waals surface area (Å²) < 4.78 is 3.93. The molecule has 10 heavy (non-hydrogen) atoms. The molecule has 0 aliphatic rings. The molecule has 0 bridgehead atoms. The Hall–Kier alpha value is -1.08. The average molecular weight is 155 g/mol. The third-order valence-corrected chi connectivity index (χ3v) is 1.35. The molecule has 4 heteroatoms. The van der Waals surface area contributed by atoms with Crippen LogP contribution in [0.5, 0.6) is 0 Å². The molecule has 0 atom stereocenters. The van der Waals surface area contributed by atoms with Crippen molar-refractivity contribution in [2.45, 2.75) is 13.8 Å². The molecule has 0 saturated carbocycles. The molecule has 0 aromatic carbocycles. The molecule has 3 nitrogen and oxygen atoms in total. The lowest BCUT2D eigenvalue weighted by Gasteiger charge is -1.68. The summed E-state index contributed by atoms with van der Waals surface area (Å²) >= 11 is 1.33. The van der Waals surface area contributed by atoms with Crippen molar-refractivity contribution < 1.29 is 0 Å². The number of hydrogen-bond donors (Lipinski definition) is 1. The summed E-state index contributed by atoms with van der Waals surface area (Å²) in [7, 11) is 0. The van der Waals surface area contributed by atoms with Crippen molar-refractivity contribution in [3.63, 3.8) is 0 Å². The van der Waals surface area contributed by atoms with Crippen LogP contribution in [0.2, 0.25) is 0 Å². The number of nitriles is 1. The minimum Gasteiger partial charge on any atom is -0.389 e. The Morgan fingerprint density at radius 2 is 2.30 bits per heavy atom. The van der Waals surface area contributed by atoms with Gasteiger partial charge in [0.05, 0.1) is 11.8 Å². The lowest BCUT2D eigenvalue weighted by atomic mass is 10.5. The van der Waals surface area contributed by atoms with Gasteiger partial charge in [0.25, 0.3) is 0 Å². The van der Waals surface area contributed by atoms with Gasteiger partial charge in [0.1, 0.15) is 5.00 Å². The van der Waals surface area contributed by atoms with E-state index in [-0.39, 0.29) is 0 Å². The molecule has 54 valence electrons. The lowest BCUT2D eigenvalue weighted by Crippen LogP contribution is -1.73. The second-order valence-electron chi connectivity index (χ2n) is 1.59. The maximum absolute atomic E-state index is 7.32. The highest BCUT2D eigenvalue weighted by molar-refractivity contribution is 7.09. The van der Waals surface area contributed by atoms with Crippen LogP contribution in [0, 0.1) is 18.3 Å². The smallest absolute Gasteiger partial charge is 0.107 e. The highest BCUT2D eigenvalue weighted by Gasteiger charge is 1.87. The van der Waals surface area contributed by atoms with Crippen molar-refractivity contribution in [1.29, 1.82) is 5.26 Å². The Morgan fingerprint density at radius 1 is 1.80 bits per heavy atom. The predicted molar refractivity (Wildman–Crippen MR) is 42.6 cm³/mol. The van der Waals surface area contributed by atoms with Gasteiger partial charge in [-0.1, -0.05) is 0 Å². The molecule has 0 amide bonds. The first-order valence-corrected chi connectivity index (χ1v) is 3.47. The van der Waals surface area contributed by atoms with Gasteiger partial charge < -0.3 is 5.73 Å². The maximum Gasteiger partial charge on any atom is 0.107 e. The Kier molecular flexibility index (Phi) is 4.25. The molecule has 1 rings (SSSR count). The van der Waals surface area contributed by atoms with E-state index in [1.165, 1.54) is 18.5 Å². The Balaban J connectivity index is 0.000000236. The second-order valence-corrected chi connectivity index (χ2v) is 2.43. The van der Waals surface area contributed by atoms with Crippen molar-refractivity contribution in [1.82, 2.24) is 4.37 Å². The van der Waals surface area contributed by atoms with E-state index in [0.29, 0.717) is 0 Å². The lowest BCUT2D eigenvalue weighted by molar-refractivity contribution is 1.35. The molecule has 0 radical (unpaired) electrons. The Labute approximate surface area is 64.3 Å². The zero-order chi connectivity index (χ0) is 7.98. The first kappa shape index (κ1) is 8.92. The molecule has 0 aliphatic carbocycles. The van der Waals surface area contributed by atoms with Gasteiger partial charge in [0, 0.05) is 6.92 Å². The normalized spacial score (nSPS) is 7.30. The van der Waals surface area contributed by atoms with Gasteiger partial charge in [-0.15, -0.1) is 0 Å². The number of hydrogen-bond acceptors (Lipinski definition) is 4. The molecule has 1 aromatic heterocycles. The van der Waals surface area contributed by atoms with E-state index in [2.05, 4.69) is 4.37 Å². The third-order valence-electron chi connectivity index (χ3n) is 0.646. The van der Waals surface area contributed by atoms with Crippen LogP contribution < -0.4 is 5.73 Å². The van der Waals surface area contributed by atoms with Crippen LogP contribution in [0.3, 0.4) is 0 Å². The molecule has 2 N–H and O–H groups in total. The van der Waals surface area contributed by atoms with Crippen LogP contribution in [-0.4, -0.2) is 4.37 Å². The molecule has 0 spiro atoms. The van der Waals surface area contributed by atoms with E-state index in [1.54, 1.807) is 6.07 Å². The molecule has 0 aliphatic heterocycles. The highest BCUT2D eigenvalue weighted by Crippen LogP contribution is 2.08. The van der Waals surface area contributed by atoms with Crippen LogP contribution in [0.4, 0.5) is 5.00 Å². The van der Waals surface area contributed by atoms with Gasteiger partial charge in [0.2, 0.25) is 0 Å². The van der Waals surface area contributed by atoms with Crippen molar-refractivity contribution in [3.05, 3.63) is 11.8 Å². The third kappa shape index (κ3) is 3.87. The predicted octanol–water partition coefficient (Wildman–Crippen LogP) is 1.56. The second kappa shape index (κ2) is 4.77. The number of rotatable bonds is 0. The molecule has 1 heterocycles. The van der Waals surface area contributed by atoms with Crippen LogP contribution in [-0.2, 0) is 0 Å². The zero-order valence-electron chi connectivity index (χ0n) is 5.96. The van der Waals surface area contributed by atoms with E-state index in [4.69, 9.17) is 11.0 Å². The van der Waals surface area contributed by atoms with Crippen molar-refractivity contribution in [3.8, 4) is 6.07 Å². The fourth-order valence-electron chi connectivity index (χ4n) is 0.383. The van der Waals surface area contributed by atoms with Gasteiger partial charge in [-0.05, 0) is 24.5 Å². The Morgan fingerprint density at radius 3 is 2.40 bits per heavy atom. The van der Waals surface area contributed by atoms with Crippen molar-refractivity contribution >= 4 is 16.5 Å². The summed E-state index contributed by atoms with van der Waals surface area (Å²) in [5.74, 6) is 0. The number of aryl methyl sites for hydroxylation is 1. The number of aromatic nitrogens is 1. The molecule has 0 saturated heterocycles. The molecule has 0 unspecified atom stereocenters. The minimum absolute atomic E-state index is 0.789. The van der Waals surface area contributed by atoms with E-state index < -0.39 is 0 Å². The van der Waals surface area contributed by atoms with Gasteiger partial charge in [-0.3, -0.25) is 0 Å². The largest absolute Gasteiger partial charge is 0.389 e. The molecule has 1 aromatic rings. The zero-order valence-corrected chi connectivity index (χ0v) is 6.77. The summed E-state index contributed by atoms with van der Waals surface area (Å²) in [6.45, 7) is 3.35. The van der Waals surface area contributed by atoms with Crippen LogP contribution in [0.25, 0.3) is 0 Å². The standard InChI is InChI=1S/C4H6N2S.C2H3N/c1-3-2-4(5)7-6-3;1-2-3/h2H,5H2,1H3;1H3. The van der Waals surface area contributed by atoms with Gasteiger partial charge in [-0.25, -0.2) is 0 Å². The summed E-state index contributed by atoms with van der Waals surface area (Å²) in [6.07, 6.45) is 0. The van der Waals surface area contributed by atoms with E-state index >= 15 is 0 Å². The number of nitrogens with zero attached hydrogens (tertiary/aromatic N) is 2. The summed E-state index contributed by atoms with van der Waals surface area (Å²) in [4.78, 5) is 0. The van der Waals surface area contributed by atoms with Crippen molar-refractivity contribution in [2.24, 2.45) is 0 Å². The van der Waals surface area contributed by atoms with E-state index in [1.807, 2.05) is 13.0 Å². The first-order chi connectivity index (χ1) is 4.70. The van der Waals surface area contributed by atoms with Gasteiger partial charge in [0.15, 0.2) is 0 Å². The molecule has 0 fully saturated rings. The van der Waals surface area contributed by atoms with Gasteiger partial charge in [-0.2, -0.15) is 9.64 Å². The fraction of sp³-hybridized carbons (Fsp3) is 0.333. The van der Waals surface area contributed by atoms with E-state index in [9.17, 15) is 0 Å². The monoisotopic (exact) mass is 155 g/mol. The average Bonchev–Trinajstić information content (AvgIpc) is 2.17. The summed E-state index contributed by atoms with van der Waals surface area (Å²) in [5, 5.41) is 8.11. The summed E-state index contributed by atoms with van der Waals surface area (Å²) in [5.41, 5.74) is 6.34. The highest BCUT2D eigenvalue weighted by atomic mass is 32.1. The quantitative estimate of drug-likeness (QED) is 0.618. The van der Waals surface area contributed by atoms with Crippen LogP contribution >= 0.6 is 11.5 Å². The summed E-state index contributed by atoms with van der Waals surface area (Å²) in [6, 6.07) is 3.60. The number of anilines is 1. The van der Waals surface area contributed by atoms with E-state index in [0.717, 1.165) is 10.7 Å². The SMILES string of the molecule is CC#N.Cc1cc(N)sn1.